The summed E-state index contributed by atoms with van der Waals surface area (Å²) < 4.78 is 6.12. The van der Waals surface area contributed by atoms with Crippen molar-refractivity contribution >= 4 is 27.6 Å². The van der Waals surface area contributed by atoms with Crippen LogP contribution in [0.3, 0.4) is 0 Å². The van der Waals surface area contributed by atoms with E-state index in [1.165, 1.54) is 10.8 Å². The van der Waals surface area contributed by atoms with Crippen molar-refractivity contribution < 1.29 is 4.42 Å². The van der Waals surface area contributed by atoms with Gasteiger partial charge < -0.3 is 14.2 Å². The molecule has 3 nitrogen and oxygen atoms in total. The van der Waals surface area contributed by atoms with Crippen LogP contribution in [-0.2, 0) is 0 Å². The number of hydrogen-bond acceptors (Lipinski definition) is 3. The quantitative estimate of drug-likeness (QED) is 0.692. The van der Waals surface area contributed by atoms with Crippen LogP contribution >= 0.6 is 0 Å². The van der Waals surface area contributed by atoms with E-state index in [0.717, 1.165) is 30.1 Å². The Morgan fingerprint density at radius 3 is 2.68 bits per heavy atom. The standard InChI is InChI=1S/C19H20N2O/c1-14(2)12-20-10-11-21(13-20)17-8-5-7-16-15-6-3-4-9-18(15)22-19(16)17/h3-11,14H,12-13H2,1-2H3. The van der Waals surface area contributed by atoms with Gasteiger partial charge in [-0.3, -0.25) is 0 Å². The molecule has 0 fully saturated rings. The van der Waals surface area contributed by atoms with E-state index in [9.17, 15) is 0 Å². The molecular formula is C19H20N2O. The van der Waals surface area contributed by atoms with Crippen molar-refractivity contribution in [2.24, 2.45) is 5.92 Å². The minimum atomic E-state index is 0.659. The van der Waals surface area contributed by atoms with Crippen LogP contribution in [0.25, 0.3) is 21.9 Å². The summed E-state index contributed by atoms with van der Waals surface area (Å²) in [6, 6.07) is 14.6. The zero-order valence-electron chi connectivity index (χ0n) is 13.0. The molecule has 1 aliphatic heterocycles. The van der Waals surface area contributed by atoms with E-state index in [-0.39, 0.29) is 0 Å². The van der Waals surface area contributed by atoms with Crippen molar-refractivity contribution in [2.75, 3.05) is 18.1 Å². The number of benzene rings is 2. The van der Waals surface area contributed by atoms with Crippen LogP contribution in [-0.4, -0.2) is 18.1 Å². The molecule has 4 rings (SSSR count). The molecule has 0 saturated carbocycles. The van der Waals surface area contributed by atoms with E-state index < -0.39 is 0 Å². The van der Waals surface area contributed by atoms with Crippen molar-refractivity contribution in [2.45, 2.75) is 13.8 Å². The molecule has 0 saturated heterocycles. The molecule has 1 aliphatic rings. The maximum Gasteiger partial charge on any atom is 0.159 e. The van der Waals surface area contributed by atoms with Gasteiger partial charge in [-0.25, -0.2) is 0 Å². The van der Waals surface area contributed by atoms with E-state index in [0.29, 0.717) is 5.92 Å². The van der Waals surface area contributed by atoms with Gasteiger partial charge in [-0.15, -0.1) is 0 Å². The lowest BCUT2D eigenvalue weighted by atomic mass is 10.1. The molecular weight excluding hydrogens is 272 g/mol. The Balaban J connectivity index is 1.75. The highest BCUT2D eigenvalue weighted by Crippen LogP contribution is 2.35. The Labute approximate surface area is 130 Å². The molecule has 0 unspecified atom stereocenters. The summed E-state index contributed by atoms with van der Waals surface area (Å²) in [5.41, 5.74) is 3.06. The Hall–Kier alpha value is -2.42. The Morgan fingerprint density at radius 1 is 1.00 bits per heavy atom. The van der Waals surface area contributed by atoms with Gasteiger partial charge in [0.15, 0.2) is 5.58 Å². The SMILES string of the molecule is CC(C)CN1C=CN(c2cccc3c2oc2ccccc23)C1. The lowest BCUT2D eigenvalue weighted by Crippen LogP contribution is -2.27. The van der Waals surface area contributed by atoms with Crippen molar-refractivity contribution in [1.29, 1.82) is 0 Å². The molecule has 22 heavy (non-hydrogen) atoms. The fraction of sp³-hybridized carbons (Fsp3) is 0.263. The summed E-state index contributed by atoms with van der Waals surface area (Å²) in [5.74, 6) is 0.659. The normalized spacial score (nSPS) is 14.9. The third-order valence-corrected chi connectivity index (χ3v) is 4.08. The van der Waals surface area contributed by atoms with Crippen LogP contribution in [0.2, 0.25) is 0 Å². The van der Waals surface area contributed by atoms with Crippen LogP contribution in [0.15, 0.2) is 59.3 Å². The molecule has 3 aromatic rings. The molecule has 0 radical (unpaired) electrons. The molecule has 3 heteroatoms. The maximum absolute atomic E-state index is 6.12. The summed E-state index contributed by atoms with van der Waals surface area (Å²) in [6.45, 7) is 6.45. The number of hydrogen-bond donors (Lipinski definition) is 0. The molecule has 0 amide bonds. The lowest BCUT2D eigenvalue weighted by molar-refractivity contribution is 0.354. The Morgan fingerprint density at radius 2 is 1.82 bits per heavy atom. The summed E-state index contributed by atoms with van der Waals surface area (Å²) in [4.78, 5) is 4.60. The highest BCUT2D eigenvalue weighted by molar-refractivity contribution is 6.09. The summed E-state index contributed by atoms with van der Waals surface area (Å²) in [6.07, 6.45) is 4.31. The minimum Gasteiger partial charge on any atom is -0.454 e. The summed E-state index contributed by atoms with van der Waals surface area (Å²) in [7, 11) is 0. The molecule has 0 bridgehead atoms. The van der Waals surface area contributed by atoms with Crippen molar-refractivity contribution in [3.8, 4) is 0 Å². The summed E-state index contributed by atoms with van der Waals surface area (Å²) >= 11 is 0. The number of fused-ring (bicyclic) bond motifs is 3. The number of nitrogens with zero attached hydrogens (tertiary/aromatic N) is 2. The van der Waals surface area contributed by atoms with Gasteiger partial charge in [0.1, 0.15) is 5.58 Å². The van der Waals surface area contributed by atoms with E-state index in [4.69, 9.17) is 4.42 Å². The number of furan rings is 1. The first-order valence-electron chi connectivity index (χ1n) is 7.81. The monoisotopic (exact) mass is 292 g/mol. The zero-order chi connectivity index (χ0) is 15.1. The molecule has 112 valence electrons. The second kappa shape index (κ2) is 5.09. The van der Waals surface area contributed by atoms with Gasteiger partial charge in [0.25, 0.3) is 0 Å². The summed E-state index contributed by atoms with van der Waals surface area (Å²) in [5, 5.41) is 2.37. The molecule has 0 spiro atoms. The molecule has 2 heterocycles. The van der Waals surface area contributed by atoms with Gasteiger partial charge in [0.2, 0.25) is 0 Å². The highest BCUT2D eigenvalue weighted by atomic mass is 16.3. The third kappa shape index (κ3) is 2.13. The van der Waals surface area contributed by atoms with E-state index in [1.807, 2.05) is 12.1 Å². The highest BCUT2D eigenvalue weighted by Gasteiger charge is 2.19. The first-order chi connectivity index (χ1) is 10.7. The molecule has 0 aliphatic carbocycles. The Bertz CT molecular complexity index is 847. The van der Waals surface area contributed by atoms with Crippen molar-refractivity contribution in [3.63, 3.8) is 0 Å². The predicted molar refractivity (Wildman–Crippen MR) is 91.8 cm³/mol. The van der Waals surface area contributed by atoms with Gasteiger partial charge in [0, 0.05) is 29.7 Å². The largest absolute Gasteiger partial charge is 0.454 e. The number of anilines is 1. The van der Waals surface area contributed by atoms with Crippen LogP contribution in [0, 0.1) is 5.92 Å². The molecule has 2 aromatic carbocycles. The molecule has 0 N–H and O–H groups in total. The van der Waals surface area contributed by atoms with Gasteiger partial charge in [0.05, 0.1) is 12.4 Å². The Kier molecular flexibility index (Phi) is 3.07. The van der Waals surface area contributed by atoms with E-state index in [2.05, 4.69) is 66.4 Å². The fourth-order valence-electron chi connectivity index (χ4n) is 3.17. The first kappa shape index (κ1) is 13.3. The van der Waals surface area contributed by atoms with Crippen molar-refractivity contribution in [3.05, 3.63) is 54.9 Å². The third-order valence-electron chi connectivity index (χ3n) is 4.08. The predicted octanol–water partition coefficient (Wildman–Crippen LogP) is 4.79. The van der Waals surface area contributed by atoms with Gasteiger partial charge in [-0.05, 0) is 18.1 Å². The van der Waals surface area contributed by atoms with Crippen molar-refractivity contribution in [1.82, 2.24) is 4.90 Å². The second-order valence-corrected chi connectivity index (χ2v) is 6.33. The first-order valence-corrected chi connectivity index (χ1v) is 7.81. The smallest absolute Gasteiger partial charge is 0.159 e. The van der Waals surface area contributed by atoms with Gasteiger partial charge in [-0.2, -0.15) is 0 Å². The van der Waals surface area contributed by atoms with Crippen LogP contribution in [0.5, 0.6) is 0 Å². The maximum atomic E-state index is 6.12. The topological polar surface area (TPSA) is 19.6 Å². The number of para-hydroxylation sites is 2. The van der Waals surface area contributed by atoms with Crippen LogP contribution in [0.4, 0.5) is 5.69 Å². The molecule has 1 aromatic heterocycles. The van der Waals surface area contributed by atoms with E-state index in [1.54, 1.807) is 0 Å². The zero-order valence-corrected chi connectivity index (χ0v) is 13.0. The van der Waals surface area contributed by atoms with Crippen LogP contribution < -0.4 is 4.90 Å². The van der Waals surface area contributed by atoms with E-state index >= 15 is 0 Å². The van der Waals surface area contributed by atoms with Gasteiger partial charge in [-0.1, -0.05) is 44.2 Å². The lowest BCUT2D eigenvalue weighted by Gasteiger charge is -2.22. The average Bonchev–Trinajstić information content (AvgIpc) is 3.10. The minimum absolute atomic E-state index is 0.659. The van der Waals surface area contributed by atoms with Gasteiger partial charge >= 0.3 is 0 Å². The average molecular weight is 292 g/mol. The molecule has 0 atom stereocenters. The fourth-order valence-corrected chi connectivity index (χ4v) is 3.17. The number of rotatable bonds is 3. The van der Waals surface area contributed by atoms with Crippen LogP contribution in [0.1, 0.15) is 13.8 Å². The second-order valence-electron chi connectivity index (χ2n) is 6.33.